The quantitative estimate of drug-likeness (QED) is 0.169. The molecule has 216 valence electrons. The van der Waals surface area contributed by atoms with E-state index in [9.17, 15) is 0 Å². The zero-order valence-corrected chi connectivity index (χ0v) is 30.4. The van der Waals surface area contributed by atoms with Crippen molar-refractivity contribution < 1.29 is 28.4 Å². The first kappa shape index (κ1) is 30.4. The van der Waals surface area contributed by atoms with Crippen molar-refractivity contribution in [1.82, 2.24) is 0 Å². The fourth-order valence-electron chi connectivity index (χ4n) is 4.50. The molecular weight excluding hydrogens is 718 g/mol. The summed E-state index contributed by atoms with van der Waals surface area (Å²) < 4.78 is 37.6. The van der Waals surface area contributed by atoms with Crippen LogP contribution in [0.4, 0.5) is 0 Å². The van der Waals surface area contributed by atoms with E-state index in [1.165, 1.54) is 48.4 Å². The van der Waals surface area contributed by atoms with Crippen molar-refractivity contribution in [2.45, 2.75) is 65.2 Å². The van der Waals surface area contributed by atoms with E-state index in [-0.39, 0.29) is 0 Å². The third-order valence-electron chi connectivity index (χ3n) is 6.23. The third kappa shape index (κ3) is 6.30. The van der Waals surface area contributed by atoms with E-state index in [2.05, 4.69) is 41.5 Å². The molecule has 6 nitrogen and oxygen atoms in total. The number of rotatable bonds is 0. The van der Waals surface area contributed by atoms with Gasteiger partial charge in [-0.25, -0.2) is 0 Å². The average Bonchev–Trinajstić information content (AvgIpc) is 3.76. The Bertz CT molecular complexity index is 1190. The number of hydrogen-bond donors (Lipinski definition) is 0. The van der Waals surface area contributed by atoms with Crippen molar-refractivity contribution in [2.75, 3.05) is 25.5 Å². The van der Waals surface area contributed by atoms with Crippen LogP contribution in [0.2, 0.25) is 0 Å². The molecular formula is C28H32O6S4Se2. The molecule has 8 rings (SSSR count). The second-order valence-electron chi connectivity index (χ2n) is 9.12. The van der Waals surface area contributed by atoms with Crippen LogP contribution in [-0.4, -0.2) is 54.5 Å². The predicted octanol–water partition coefficient (Wildman–Crippen LogP) is 7.79. The largest absolute Gasteiger partial charge is 0.480 e. The minimum atomic E-state index is 0.389. The van der Waals surface area contributed by atoms with Crippen LogP contribution < -0.4 is 28.4 Å². The minimum absolute atomic E-state index is 0.389. The van der Waals surface area contributed by atoms with E-state index in [1.54, 1.807) is 27.5 Å². The summed E-state index contributed by atoms with van der Waals surface area (Å²) in [6, 6.07) is 0. The fourth-order valence-corrected chi connectivity index (χ4v) is 13.0. The van der Waals surface area contributed by atoms with Crippen LogP contribution in [0.3, 0.4) is 0 Å². The molecule has 0 aliphatic carbocycles. The van der Waals surface area contributed by atoms with E-state index in [4.69, 9.17) is 28.4 Å². The van der Waals surface area contributed by atoms with Gasteiger partial charge in [-0.3, -0.25) is 0 Å². The molecule has 0 radical (unpaired) electrons. The van der Waals surface area contributed by atoms with E-state index in [0.717, 1.165) is 40.6 Å². The molecule has 40 heavy (non-hydrogen) atoms. The average molecular weight is 751 g/mol. The molecule has 4 aliphatic rings. The van der Waals surface area contributed by atoms with E-state index in [1.807, 2.05) is 36.9 Å². The SMILES string of the molecule is Cc1[se]c(C)c2c1OCO2.Cc1[se]c(C)c2c1OCS2.Cc1sc(C)c2c1OCO2.Cc1sc(C)c2c1OCS2. The van der Waals surface area contributed by atoms with E-state index >= 15 is 0 Å². The summed E-state index contributed by atoms with van der Waals surface area (Å²) in [5.74, 6) is 7.88. The van der Waals surface area contributed by atoms with Crippen molar-refractivity contribution in [3.05, 3.63) is 37.3 Å². The molecule has 12 heteroatoms. The smallest absolute Gasteiger partial charge is 0.231 e. The molecule has 0 fully saturated rings. The third-order valence-corrected chi connectivity index (χ3v) is 14.8. The number of hydrogen-bond acceptors (Lipinski definition) is 10. The first-order chi connectivity index (χ1) is 19.2. The predicted molar refractivity (Wildman–Crippen MR) is 168 cm³/mol. The van der Waals surface area contributed by atoms with Crippen LogP contribution in [0.15, 0.2) is 9.79 Å². The number of thioether (sulfide) groups is 2. The molecule has 0 saturated heterocycles. The Morgan fingerprint density at radius 1 is 0.425 bits per heavy atom. The molecule has 0 saturated carbocycles. The number of aryl methyl sites for hydroxylation is 8. The Balaban J connectivity index is 0.000000108. The van der Waals surface area contributed by atoms with Crippen LogP contribution >= 0.6 is 46.2 Å². The van der Waals surface area contributed by atoms with Gasteiger partial charge < -0.3 is 14.2 Å². The summed E-state index contributed by atoms with van der Waals surface area (Å²) in [7, 11) is 0. The van der Waals surface area contributed by atoms with Crippen molar-refractivity contribution in [3.8, 4) is 34.5 Å². The van der Waals surface area contributed by atoms with Crippen LogP contribution in [0.5, 0.6) is 34.5 Å². The Kier molecular flexibility index (Phi) is 9.90. The second kappa shape index (κ2) is 13.0. The molecule has 0 atom stereocenters. The molecule has 0 N–H and O–H groups in total. The Morgan fingerprint density at radius 2 is 0.850 bits per heavy atom. The van der Waals surface area contributed by atoms with Crippen molar-refractivity contribution in [2.24, 2.45) is 0 Å². The Hall–Kier alpha value is -1.10. The van der Waals surface area contributed by atoms with Crippen molar-refractivity contribution in [3.63, 3.8) is 0 Å². The monoisotopic (exact) mass is 752 g/mol. The van der Waals surface area contributed by atoms with Crippen LogP contribution in [0.1, 0.15) is 37.3 Å². The van der Waals surface area contributed by atoms with Gasteiger partial charge in [0.1, 0.15) is 11.7 Å². The van der Waals surface area contributed by atoms with Crippen molar-refractivity contribution in [1.29, 1.82) is 0 Å². The second-order valence-corrected chi connectivity index (χ2v) is 19.8. The Labute approximate surface area is 264 Å². The molecule has 4 aromatic rings. The van der Waals surface area contributed by atoms with E-state index in [0.29, 0.717) is 42.6 Å². The summed E-state index contributed by atoms with van der Waals surface area (Å²) in [6.45, 7) is 17.8. The van der Waals surface area contributed by atoms with Gasteiger partial charge in [-0.15, -0.1) is 22.7 Å². The van der Waals surface area contributed by atoms with Gasteiger partial charge in [-0.05, 0) is 27.7 Å². The van der Waals surface area contributed by atoms with Gasteiger partial charge in [0.25, 0.3) is 0 Å². The van der Waals surface area contributed by atoms with Gasteiger partial charge in [0, 0.05) is 19.5 Å². The fraction of sp³-hybridized carbons (Fsp3) is 0.429. The van der Waals surface area contributed by atoms with Gasteiger partial charge in [-0.2, -0.15) is 0 Å². The maximum atomic E-state index is 5.46. The molecule has 4 aromatic heterocycles. The van der Waals surface area contributed by atoms with Gasteiger partial charge in [0.15, 0.2) is 11.5 Å². The Morgan fingerprint density at radius 3 is 1.40 bits per heavy atom. The minimum Gasteiger partial charge on any atom is -0.480 e. The van der Waals surface area contributed by atoms with E-state index < -0.39 is 0 Å². The summed E-state index contributed by atoms with van der Waals surface area (Å²) in [5, 5.41) is 0. The summed E-state index contributed by atoms with van der Waals surface area (Å²) in [5.41, 5.74) is 0. The summed E-state index contributed by atoms with van der Waals surface area (Å²) in [4.78, 5) is 7.93. The van der Waals surface area contributed by atoms with Crippen LogP contribution in [0.25, 0.3) is 0 Å². The molecule has 8 heterocycles. The summed E-state index contributed by atoms with van der Waals surface area (Å²) in [6.07, 6.45) is 0. The number of thiophene rings is 2. The van der Waals surface area contributed by atoms with Gasteiger partial charge in [0.05, 0.1) is 4.90 Å². The zero-order valence-electron chi connectivity index (χ0n) is 23.7. The molecule has 0 aromatic carbocycles. The summed E-state index contributed by atoms with van der Waals surface area (Å²) >= 11 is 8.28. The van der Waals surface area contributed by atoms with Crippen molar-refractivity contribution >= 4 is 75.2 Å². The normalized spacial score (nSPS) is 14.6. The standard InChI is InChI=1S/C7H8O2S.C7H8O2Se.C7H8OS2.C7H8OSSe/c4*1-4-6-7(5(2)10-4)9-3-8-6/h4*3H2,1-2H3. The molecule has 0 bridgehead atoms. The van der Waals surface area contributed by atoms with Crippen LogP contribution in [-0.2, 0) is 0 Å². The first-order valence-electron chi connectivity index (χ1n) is 12.6. The topological polar surface area (TPSA) is 55.4 Å². The molecule has 0 spiro atoms. The number of fused-ring (bicyclic) bond motifs is 4. The maximum absolute atomic E-state index is 5.46. The number of ether oxygens (including phenoxy) is 6. The van der Waals surface area contributed by atoms with Gasteiger partial charge in [-0.1, -0.05) is 11.8 Å². The molecule has 4 aliphatic heterocycles. The zero-order chi connectivity index (χ0) is 28.6. The molecule has 0 amide bonds. The first-order valence-corrected chi connectivity index (χ1v) is 19.6. The van der Waals surface area contributed by atoms with Gasteiger partial charge in [0.2, 0.25) is 6.79 Å². The maximum Gasteiger partial charge on any atom is 0.231 e. The van der Waals surface area contributed by atoms with Crippen LogP contribution in [0, 0.1) is 55.4 Å². The van der Waals surface area contributed by atoms with Gasteiger partial charge >= 0.3 is 135 Å². The molecule has 0 unspecified atom stereocenters.